The van der Waals surface area contributed by atoms with E-state index < -0.39 is 0 Å². The fraction of sp³-hybridized carbons (Fsp3) is 0.500. The average molecular weight is 205 g/mol. The molecule has 1 fully saturated rings. The van der Waals surface area contributed by atoms with E-state index in [0.29, 0.717) is 17.6 Å². The Morgan fingerprint density at radius 2 is 2.33 bits per heavy atom. The lowest BCUT2D eigenvalue weighted by molar-refractivity contribution is 0.313. The number of nitrogens with one attached hydrogen (secondary N) is 2. The molecular formula is C8H11N7. The van der Waals surface area contributed by atoms with Gasteiger partial charge in [0, 0.05) is 13.1 Å². The standard InChI is InChI=1S/C8H11N7/c1-5-10-8(13-11-5)7-4-15(14-12-7)6-2-9-3-6/h4,6,9H,2-3H2,1H3,(H,10,11,13). The van der Waals surface area contributed by atoms with E-state index in [0.717, 1.165) is 18.9 Å². The number of hydrogen-bond acceptors (Lipinski definition) is 5. The SMILES string of the molecule is Cc1nc(-c2cn(C3CNC3)nn2)n[nH]1. The Morgan fingerprint density at radius 3 is 2.93 bits per heavy atom. The van der Waals surface area contributed by atoms with Crippen molar-refractivity contribution in [2.45, 2.75) is 13.0 Å². The number of aryl methyl sites for hydroxylation is 1. The number of aromatic nitrogens is 6. The van der Waals surface area contributed by atoms with E-state index in [4.69, 9.17) is 0 Å². The largest absolute Gasteiger partial charge is 0.312 e. The van der Waals surface area contributed by atoms with Gasteiger partial charge in [-0.2, -0.15) is 5.10 Å². The molecule has 7 heteroatoms. The first-order valence-electron chi connectivity index (χ1n) is 4.85. The van der Waals surface area contributed by atoms with E-state index in [1.807, 2.05) is 17.8 Å². The van der Waals surface area contributed by atoms with Gasteiger partial charge in [-0.15, -0.1) is 5.10 Å². The Morgan fingerprint density at radius 1 is 1.47 bits per heavy atom. The van der Waals surface area contributed by atoms with Gasteiger partial charge in [-0.1, -0.05) is 5.21 Å². The zero-order valence-corrected chi connectivity index (χ0v) is 8.30. The molecule has 1 aliphatic rings. The van der Waals surface area contributed by atoms with Crippen LogP contribution in [0.1, 0.15) is 11.9 Å². The first-order valence-corrected chi connectivity index (χ1v) is 4.85. The molecule has 0 spiro atoms. The third-order valence-corrected chi connectivity index (χ3v) is 2.47. The van der Waals surface area contributed by atoms with Crippen molar-refractivity contribution in [3.8, 4) is 11.5 Å². The Hall–Kier alpha value is -1.76. The van der Waals surface area contributed by atoms with E-state index in [1.165, 1.54) is 0 Å². The first-order chi connectivity index (χ1) is 7.33. The second-order valence-corrected chi connectivity index (χ2v) is 3.64. The van der Waals surface area contributed by atoms with Crippen molar-refractivity contribution in [3.63, 3.8) is 0 Å². The van der Waals surface area contributed by atoms with E-state index in [9.17, 15) is 0 Å². The van der Waals surface area contributed by atoms with Crippen LogP contribution in [-0.4, -0.2) is 43.3 Å². The fourth-order valence-corrected chi connectivity index (χ4v) is 1.48. The van der Waals surface area contributed by atoms with Crippen molar-refractivity contribution in [3.05, 3.63) is 12.0 Å². The van der Waals surface area contributed by atoms with Crippen LogP contribution in [0.3, 0.4) is 0 Å². The third kappa shape index (κ3) is 1.40. The van der Waals surface area contributed by atoms with Gasteiger partial charge in [-0.3, -0.25) is 5.10 Å². The Labute approximate surface area is 85.9 Å². The monoisotopic (exact) mass is 205 g/mol. The predicted molar refractivity (Wildman–Crippen MR) is 52.0 cm³/mol. The topological polar surface area (TPSA) is 84.3 Å². The molecule has 0 unspecified atom stereocenters. The molecule has 3 rings (SSSR count). The van der Waals surface area contributed by atoms with Crippen molar-refractivity contribution in [1.29, 1.82) is 0 Å². The molecule has 3 heterocycles. The van der Waals surface area contributed by atoms with Crippen LogP contribution in [0.5, 0.6) is 0 Å². The van der Waals surface area contributed by atoms with E-state index in [2.05, 4.69) is 30.8 Å². The number of hydrogen-bond donors (Lipinski definition) is 2. The highest BCUT2D eigenvalue weighted by Crippen LogP contribution is 2.14. The quantitative estimate of drug-likeness (QED) is 0.691. The zero-order valence-electron chi connectivity index (χ0n) is 8.30. The molecule has 2 N–H and O–H groups in total. The summed E-state index contributed by atoms with van der Waals surface area (Å²) in [7, 11) is 0. The maximum absolute atomic E-state index is 4.20. The van der Waals surface area contributed by atoms with Crippen molar-refractivity contribution in [2.75, 3.05) is 13.1 Å². The average Bonchev–Trinajstić information content (AvgIpc) is 2.70. The first kappa shape index (κ1) is 8.54. The summed E-state index contributed by atoms with van der Waals surface area (Å²) >= 11 is 0. The maximum Gasteiger partial charge on any atom is 0.203 e. The van der Waals surface area contributed by atoms with Gasteiger partial charge in [0.25, 0.3) is 0 Å². The smallest absolute Gasteiger partial charge is 0.203 e. The van der Waals surface area contributed by atoms with Crippen molar-refractivity contribution < 1.29 is 0 Å². The highest BCUT2D eigenvalue weighted by Gasteiger charge is 2.20. The lowest BCUT2D eigenvalue weighted by Crippen LogP contribution is -2.43. The summed E-state index contributed by atoms with van der Waals surface area (Å²) < 4.78 is 1.86. The lowest BCUT2D eigenvalue weighted by atomic mass is 10.2. The van der Waals surface area contributed by atoms with Gasteiger partial charge in [0.1, 0.15) is 5.82 Å². The summed E-state index contributed by atoms with van der Waals surface area (Å²) in [4.78, 5) is 4.20. The molecule has 0 aromatic carbocycles. The van der Waals surface area contributed by atoms with Gasteiger partial charge in [0.2, 0.25) is 5.82 Å². The second-order valence-electron chi connectivity index (χ2n) is 3.64. The summed E-state index contributed by atoms with van der Waals surface area (Å²) in [6.07, 6.45) is 1.88. The summed E-state index contributed by atoms with van der Waals surface area (Å²) in [5.41, 5.74) is 0.714. The van der Waals surface area contributed by atoms with Gasteiger partial charge in [0.15, 0.2) is 5.69 Å². The minimum Gasteiger partial charge on any atom is -0.312 e. The van der Waals surface area contributed by atoms with E-state index in [-0.39, 0.29) is 0 Å². The van der Waals surface area contributed by atoms with Crippen LogP contribution >= 0.6 is 0 Å². The molecule has 2 aromatic rings. The van der Waals surface area contributed by atoms with Crippen LogP contribution in [0.2, 0.25) is 0 Å². The summed E-state index contributed by atoms with van der Waals surface area (Å²) in [5.74, 6) is 1.39. The number of H-pyrrole nitrogens is 1. The molecule has 1 saturated heterocycles. The van der Waals surface area contributed by atoms with Gasteiger partial charge < -0.3 is 5.32 Å². The molecule has 7 nitrogen and oxygen atoms in total. The van der Waals surface area contributed by atoms with Crippen LogP contribution < -0.4 is 5.32 Å². The van der Waals surface area contributed by atoms with Gasteiger partial charge in [-0.05, 0) is 6.92 Å². The highest BCUT2D eigenvalue weighted by atomic mass is 15.5. The predicted octanol–water partition coefficient (Wildman–Crippen LogP) is -0.484. The van der Waals surface area contributed by atoms with Crippen LogP contribution in [0.25, 0.3) is 11.5 Å². The molecule has 2 aromatic heterocycles. The zero-order chi connectivity index (χ0) is 10.3. The van der Waals surface area contributed by atoms with Crippen molar-refractivity contribution in [2.24, 2.45) is 0 Å². The minimum absolute atomic E-state index is 0.422. The summed E-state index contributed by atoms with van der Waals surface area (Å²) in [6, 6.07) is 0.422. The third-order valence-electron chi connectivity index (χ3n) is 2.47. The van der Waals surface area contributed by atoms with Crippen LogP contribution in [0.15, 0.2) is 6.20 Å². The van der Waals surface area contributed by atoms with Crippen LogP contribution in [0.4, 0.5) is 0 Å². The number of aromatic amines is 1. The molecular weight excluding hydrogens is 194 g/mol. The molecule has 1 aliphatic heterocycles. The van der Waals surface area contributed by atoms with Gasteiger partial charge in [0.05, 0.1) is 12.2 Å². The maximum atomic E-state index is 4.20. The minimum atomic E-state index is 0.422. The summed E-state index contributed by atoms with van der Waals surface area (Å²) in [6.45, 7) is 3.77. The Kier molecular flexibility index (Phi) is 1.78. The van der Waals surface area contributed by atoms with Crippen LogP contribution in [0, 0.1) is 6.92 Å². The molecule has 0 bridgehead atoms. The Balaban J connectivity index is 1.89. The highest BCUT2D eigenvalue weighted by molar-refractivity contribution is 5.45. The number of nitrogens with zero attached hydrogens (tertiary/aromatic N) is 5. The van der Waals surface area contributed by atoms with Crippen molar-refractivity contribution in [1.82, 2.24) is 35.5 Å². The molecule has 0 aliphatic carbocycles. The fourth-order valence-electron chi connectivity index (χ4n) is 1.48. The molecule has 0 saturated carbocycles. The lowest BCUT2D eigenvalue weighted by Gasteiger charge is -2.26. The van der Waals surface area contributed by atoms with E-state index in [1.54, 1.807) is 0 Å². The van der Waals surface area contributed by atoms with Crippen LogP contribution in [-0.2, 0) is 0 Å². The molecule has 78 valence electrons. The van der Waals surface area contributed by atoms with E-state index >= 15 is 0 Å². The molecule has 0 amide bonds. The molecule has 15 heavy (non-hydrogen) atoms. The number of rotatable bonds is 2. The summed E-state index contributed by atoms with van der Waals surface area (Å²) in [5, 5.41) is 18.1. The second kappa shape index (κ2) is 3.13. The van der Waals surface area contributed by atoms with Gasteiger partial charge in [-0.25, -0.2) is 9.67 Å². The Bertz CT molecular complexity index is 467. The van der Waals surface area contributed by atoms with Crippen molar-refractivity contribution >= 4 is 0 Å². The van der Waals surface area contributed by atoms with Gasteiger partial charge >= 0.3 is 0 Å². The molecule has 0 atom stereocenters. The normalized spacial score (nSPS) is 16.6. The molecule has 0 radical (unpaired) electrons.